The molecule has 2 rings (SSSR count). The fraction of sp³-hybridized carbons (Fsp3) is 0.400. The van der Waals surface area contributed by atoms with Crippen LogP contribution in [0.15, 0.2) is 36.7 Å². The molecule has 0 aliphatic heterocycles. The molecule has 0 amide bonds. The van der Waals surface area contributed by atoms with Crippen molar-refractivity contribution in [1.29, 1.82) is 0 Å². The number of rotatable bonds is 4. The first-order valence-electron chi connectivity index (χ1n) is 6.65. The number of benzene rings is 1. The second-order valence-corrected chi connectivity index (χ2v) is 5.26. The van der Waals surface area contributed by atoms with Gasteiger partial charge in [-0.1, -0.05) is 12.1 Å². The van der Waals surface area contributed by atoms with Crippen LogP contribution in [0, 0.1) is 0 Å². The highest BCUT2D eigenvalue weighted by Crippen LogP contribution is 2.29. The van der Waals surface area contributed by atoms with Crippen LogP contribution in [0.3, 0.4) is 0 Å². The van der Waals surface area contributed by atoms with Gasteiger partial charge in [0.15, 0.2) is 0 Å². The Morgan fingerprint density at radius 1 is 1.19 bits per heavy atom. The van der Waals surface area contributed by atoms with Gasteiger partial charge in [-0.25, -0.2) is 0 Å². The maximum atomic E-state index is 12.5. The number of aromatic nitrogens is 2. The summed E-state index contributed by atoms with van der Waals surface area (Å²) in [6.07, 6.45) is -1.54. The summed E-state index contributed by atoms with van der Waals surface area (Å²) in [6.45, 7) is 3.94. The molecule has 0 aliphatic carbocycles. The minimum Gasteiger partial charge on any atom is -0.388 e. The molecule has 1 aromatic heterocycles. The Kier molecular flexibility index (Phi) is 4.37. The van der Waals surface area contributed by atoms with E-state index in [9.17, 15) is 18.3 Å². The van der Waals surface area contributed by atoms with Gasteiger partial charge in [-0.05, 0) is 31.5 Å². The Hall–Kier alpha value is -1.82. The normalized spacial score (nSPS) is 13.7. The fourth-order valence-electron chi connectivity index (χ4n) is 1.98. The Bertz CT molecular complexity index is 588. The zero-order chi connectivity index (χ0) is 15.6. The van der Waals surface area contributed by atoms with Gasteiger partial charge in [-0.2, -0.15) is 18.3 Å². The first kappa shape index (κ1) is 15.6. The van der Waals surface area contributed by atoms with Gasteiger partial charge in [-0.15, -0.1) is 0 Å². The summed E-state index contributed by atoms with van der Waals surface area (Å²) in [5, 5.41) is 14.3. The number of nitrogens with zero attached hydrogens (tertiary/aromatic N) is 2. The Balaban J connectivity index is 2.06. The molecule has 114 valence electrons. The lowest BCUT2D eigenvalue weighted by molar-refractivity contribution is -0.137. The van der Waals surface area contributed by atoms with Crippen LogP contribution in [0.2, 0.25) is 0 Å². The monoisotopic (exact) mass is 298 g/mol. The summed E-state index contributed by atoms with van der Waals surface area (Å²) in [4.78, 5) is 0. The highest BCUT2D eigenvalue weighted by molar-refractivity contribution is 5.26. The standard InChI is InChI=1S/C15H17F3N2O/c1-10(2)20-9-12(8-19-20)14(21)7-11-3-5-13(6-4-11)15(16,17)18/h3-6,8-10,14,21H,7H2,1-2H3. The minimum atomic E-state index is -4.34. The smallest absolute Gasteiger partial charge is 0.388 e. The zero-order valence-corrected chi connectivity index (χ0v) is 11.8. The third-order valence-electron chi connectivity index (χ3n) is 3.25. The molecule has 1 unspecified atom stereocenters. The molecular weight excluding hydrogens is 281 g/mol. The summed E-state index contributed by atoms with van der Waals surface area (Å²) >= 11 is 0. The molecule has 2 aromatic rings. The second-order valence-electron chi connectivity index (χ2n) is 5.26. The molecule has 0 fully saturated rings. The van der Waals surface area contributed by atoms with Crippen LogP contribution in [0.25, 0.3) is 0 Å². The molecule has 0 aliphatic rings. The van der Waals surface area contributed by atoms with Gasteiger partial charge < -0.3 is 5.11 Å². The van der Waals surface area contributed by atoms with Gasteiger partial charge in [-0.3, -0.25) is 4.68 Å². The van der Waals surface area contributed by atoms with Gasteiger partial charge in [0.1, 0.15) is 0 Å². The maximum Gasteiger partial charge on any atom is 0.416 e. The van der Waals surface area contributed by atoms with E-state index in [4.69, 9.17) is 0 Å². The predicted octanol–water partition coefficient (Wildman–Crippen LogP) is 3.76. The zero-order valence-electron chi connectivity index (χ0n) is 11.8. The van der Waals surface area contributed by atoms with Crippen LogP contribution in [-0.4, -0.2) is 14.9 Å². The van der Waals surface area contributed by atoms with Crippen molar-refractivity contribution < 1.29 is 18.3 Å². The first-order chi connectivity index (χ1) is 9.77. The van der Waals surface area contributed by atoms with E-state index in [-0.39, 0.29) is 12.5 Å². The quantitative estimate of drug-likeness (QED) is 0.933. The van der Waals surface area contributed by atoms with Crippen LogP contribution in [0.1, 0.15) is 42.7 Å². The number of hydrogen-bond donors (Lipinski definition) is 1. The summed E-state index contributed by atoms with van der Waals surface area (Å²) < 4.78 is 39.1. The molecule has 0 saturated heterocycles. The van der Waals surface area contributed by atoms with Crippen LogP contribution in [0.4, 0.5) is 13.2 Å². The Morgan fingerprint density at radius 3 is 2.29 bits per heavy atom. The average molecular weight is 298 g/mol. The molecular formula is C15H17F3N2O. The first-order valence-corrected chi connectivity index (χ1v) is 6.65. The molecule has 1 N–H and O–H groups in total. The molecule has 1 aromatic carbocycles. The lowest BCUT2D eigenvalue weighted by Crippen LogP contribution is -2.06. The summed E-state index contributed by atoms with van der Waals surface area (Å²) in [5.41, 5.74) is 0.616. The average Bonchev–Trinajstić information content (AvgIpc) is 2.88. The molecule has 0 bridgehead atoms. The third kappa shape index (κ3) is 3.85. The molecule has 0 spiro atoms. The van der Waals surface area contributed by atoms with Crippen molar-refractivity contribution >= 4 is 0 Å². The van der Waals surface area contributed by atoms with Gasteiger partial charge >= 0.3 is 6.18 Å². The lowest BCUT2D eigenvalue weighted by atomic mass is 10.0. The summed E-state index contributed by atoms with van der Waals surface area (Å²) in [5.74, 6) is 0. The van der Waals surface area contributed by atoms with Crippen molar-refractivity contribution in [2.75, 3.05) is 0 Å². The van der Waals surface area contributed by atoms with E-state index in [2.05, 4.69) is 5.10 Å². The van der Waals surface area contributed by atoms with Gasteiger partial charge in [0.25, 0.3) is 0 Å². The van der Waals surface area contributed by atoms with E-state index in [1.54, 1.807) is 17.1 Å². The lowest BCUT2D eigenvalue weighted by Gasteiger charge is -2.11. The van der Waals surface area contributed by atoms with Crippen LogP contribution in [-0.2, 0) is 12.6 Å². The SMILES string of the molecule is CC(C)n1cc(C(O)Cc2ccc(C(F)(F)F)cc2)cn1. The Morgan fingerprint density at radius 2 is 1.81 bits per heavy atom. The Labute approximate surface area is 121 Å². The van der Waals surface area contributed by atoms with Crippen LogP contribution >= 0.6 is 0 Å². The van der Waals surface area contributed by atoms with Gasteiger partial charge in [0.2, 0.25) is 0 Å². The molecule has 0 saturated carbocycles. The molecule has 1 heterocycles. The van der Waals surface area contributed by atoms with Crippen molar-refractivity contribution in [3.63, 3.8) is 0 Å². The van der Waals surface area contributed by atoms with Crippen molar-refractivity contribution in [3.05, 3.63) is 53.3 Å². The van der Waals surface area contributed by atoms with Crippen molar-refractivity contribution in [1.82, 2.24) is 9.78 Å². The highest BCUT2D eigenvalue weighted by Gasteiger charge is 2.30. The second kappa shape index (κ2) is 5.89. The third-order valence-corrected chi connectivity index (χ3v) is 3.25. The van der Waals surface area contributed by atoms with Crippen LogP contribution in [0.5, 0.6) is 0 Å². The van der Waals surface area contributed by atoms with E-state index < -0.39 is 17.8 Å². The van der Waals surface area contributed by atoms with Crippen molar-refractivity contribution in [2.45, 2.75) is 38.6 Å². The number of alkyl halides is 3. The largest absolute Gasteiger partial charge is 0.416 e. The molecule has 6 heteroatoms. The fourth-order valence-corrected chi connectivity index (χ4v) is 1.98. The molecule has 0 radical (unpaired) electrons. The van der Waals surface area contributed by atoms with Crippen molar-refractivity contribution in [3.8, 4) is 0 Å². The van der Waals surface area contributed by atoms with E-state index >= 15 is 0 Å². The highest BCUT2D eigenvalue weighted by atomic mass is 19.4. The number of hydrogen-bond acceptors (Lipinski definition) is 2. The number of halogens is 3. The minimum absolute atomic E-state index is 0.192. The molecule has 21 heavy (non-hydrogen) atoms. The van der Waals surface area contributed by atoms with Gasteiger partial charge in [0.05, 0.1) is 17.9 Å². The van der Waals surface area contributed by atoms with E-state index in [0.717, 1.165) is 12.1 Å². The number of aliphatic hydroxyl groups excluding tert-OH is 1. The van der Waals surface area contributed by atoms with Gasteiger partial charge in [0, 0.05) is 24.2 Å². The summed E-state index contributed by atoms with van der Waals surface area (Å²) in [6, 6.07) is 5.02. The molecule has 3 nitrogen and oxygen atoms in total. The molecule has 1 atom stereocenters. The van der Waals surface area contributed by atoms with E-state index in [1.165, 1.54) is 12.1 Å². The topological polar surface area (TPSA) is 38.0 Å². The van der Waals surface area contributed by atoms with E-state index in [1.807, 2.05) is 13.8 Å². The maximum absolute atomic E-state index is 12.5. The van der Waals surface area contributed by atoms with Crippen molar-refractivity contribution in [2.24, 2.45) is 0 Å². The number of aliphatic hydroxyl groups is 1. The van der Waals surface area contributed by atoms with Crippen LogP contribution < -0.4 is 0 Å². The van der Waals surface area contributed by atoms with E-state index in [0.29, 0.717) is 11.1 Å². The predicted molar refractivity (Wildman–Crippen MR) is 72.7 cm³/mol. The summed E-state index contributed by atoms with van der Waals surface area (Å²) in [7, 11) is 0.